The lowest BCUT2D eigenvalue weighted by Gasteiger charge is -2.39. The molecule has 3 amide bonds. The van der Waals surface area contributed by atoms with Crippen molar-refractivity contribution in [3.63, 3.8) is 0 Å². The van der Waals surface area contributed by atoms with E-state index < -0.39 is 17.8 Å². The van der Waals surface area contributed by atoms with Crippen molar-refractivity contribution in [2.45, 2.75) is 69.6 Å². The van der Waals surface area contributed by atoms with Gasteiger partial charge in [-0.3, -0.25) is 19.3 Å². The van der Waals surface area contributed by atoms with Crippen molar-refractivity contribution in [2.75, 3.05) is 62.7 Å². The van der Waals surface area contributed by atoms with Crippen LogP contribution in [0, 0.1) is 23.1 Å². The zero-order valence-corrected chi connectivity index (χ0v) is 33.0. The highest BCUT2D eigenvalue weighted by Crippen LogP contribution is 2.29. The monoisotopic (exact) mass is 797 g/mol. The second kappa shape index (κ2) is 17.9. The van der Waals surface area contributed by atoms with Crippen LogP contribution in [0.1, 0.15) is 77.8 Å². The number of aromatic nitrogens is 2. The number of allylic oxidation sites excluding steroid dienone is 1. The molecule has 15 heteroatoms. The van der Waals surface area contributed by atoms with Crippen LogP contribution in [-0.2, 0) is 4.79 Å². The number of ether oxygens (including phenoxy) is 1. The molecule has 1 saturated carbocycles. The first-order valence-corrected chi connectivity index (χ1v) is 20.2. The quantitative estimate of drug-likeness (QED) is 0.282. The van der Waals surface area contributed by atoms with E-state index in [0.717, 1.165) is 95.8 Å². The fraction of sp³-hybridized carbons (Fsp3) is 0.476. The number of rotatable bonds is 10. The Morgan fingerprint density at radius 1 is 0.982 bits per heavy atom. The minimum absolute atomic E-state index is 0.0209. The molecule has 4 heterocycles. The molecule has 13 nitrogen and oxygen atoms in total. The number of hydrogen-bond acceptors (Lipinski definition) is 10. The predicted molar refractivity (Wildman–Crippen MR) is 215 cm³/mol. The Kier molecular flexibility index (Phi) is 12.5. The van der Waals surface area contributed by atoms with E-state index in [2.05, 4.69) is 48.2 Å². The second-order valence-corrected chi connectivity index (χ2v) is 15.9. The number of halogens is 2. The van der Waals surface area contributed by atoms with Gasteiger partial charge in [0.1, 0.15) is 23.7 Å². The summed E-state index contributed by atoms with van der Waals surface area (Å²) >= 11 is 6.14. The number of hydrogen-bond donors (Lipinski definition) is 2. The lowest BCUT2D eigenvalue weighted by atomic mass is 9.93. The van der Waals surface area contributed by atoms with Crippen LogP contribution in [0.3, 0.4) is 0 Å². The first-order valence-electron chi connectivity index (χ1n) is 19.8. The number of piperazine rings is 1. The van der Waals surface area contributed by atoms with Crippen LogP contribution < -0.4 is 25.2 Å². The number of likely N-dealkylation sites (N-methyl/N-ethyl adjacent to an activating group) is 1. The van der Waals surface area contributed by atoms with Gasteiger partial charge in [0.2, 0.25) is 5.91 Å². The number of carbonyl (C=O) groups excluding carboxylic acids is 3. The van der Waals surface area contributed by atoms with Crippen molar-refractivity contribution in [1.82, 2.24) is 30.6 Å². The van der Waals surface area contributed by atoms with E-state index in [9.17, 15) is 14.4 Å². The van der Waals surface area contributed by atoms with E-state index in [0.29, 0.717) is 46.5 Å². The molecule has 3 aromatic rings. The molecular weight excluding hydrogens is 749 g/mol. The molecule has 4 aliphatic rings. The Balaban J connectivity index is 0.807. The van der Waals surface area contributed by atoms with Crippen LogP contribution in [-0.4, -0.2) is 109 Å². The Morgan fingerprint density at radius 3 is 2.39 bits per heavy atom. The maximum atomic E-state index is 15.3. The summed E-state index contributed by atoms with van der Waals surface area (Å²) in [6.07, 6.45) is 6.27. The van der Waals surface area contributed by atoms with E-state index in [1.165, 1.54) is 24.1 Å². The van der Waals surface area contributed by atoms with Crippen molar-refractivity contribution < 1.29 is 23.5 Å². The second-order valence-electron chi connectivity index (χ2n) is 15.5. The first-order chi connectivity index (χ1) is 27.5. The Morgan fingerprint density at radius 2 is 1.74 bits per heavy atom. The van der Waals surface area contributed by atoms with Crippen molar-refractivity contribution in [3.8, 4) is 11.8 Å². The van der Waals surface area contributed by atoms with Gasteiger partial charge >= 0.3 is 0 Å². The third-order valence-electron chi connectivity index (χ3n) is 11.7. The number of carbonyl (C=O) groups is 3. The molecule has 0 radical (unpaired) electrons. The Hall–Kier alpha value is -5.26. The summed E-state index contributed by atoms with van der Waals surface area (Å²) < 4.78 is 21.3. The molecule has 1 atom stereocenters. The van der Waals surface area contributed by atoms with Crippen molar-refractivity contribution in [2.24, 2.45) is 5.92 Å². The fourth-order valence-corrected chi connectivity index (χ4v) is 8.50. The predicted octanol–water partition coefficient (Wildman–Crippen LogP) is 5.16. The van der Waals surface area contributed by atoms with Crippen molar-refractivity contribution in [3.05, 3.63) is 88.5 Å². The minimum atomic E-state index is -0.655. The molecular formula is C42H49ClFN9O4. The molecule has 57 heavy (non-hydrogen) atoms. The van der Waals surface area contributed by atoms with Crippen LogP contribution >= 0.6 is 11.6 Å². The van der Waals surface area contributed by atoms with Crippen LogP contribution in [0.2, 0.25) is 5.02 Å². The summed E-state index contributed by atoms with van der Waals surface area (Å²) in [5, 5.41) is 23.9. The molecule has 1 aromatic heterocycles. The average Bonchev–Trinajstić information content (AvgIpc) is 3.22. The topological polar surface area (TPSA) is 147 Å². The molecule has 0 spiro atoms. The van der Waals surface area contributed by atoms with Gasteiger partial charge in [0.25, 0.3) is 11.8 Å². The first kappa shape index (κ1) is 40.0. The summed E-state index contributed by atoms with van der Waals surface area (Å²) in [5.41, 5.74) is 2.05. The number of nitriles is 1. The van der Waals surface area contributed by atoms with Crippen LogP contribution in [0.15, 0.2) is 60.8 Å². The summed E-state index contributed by atoms with van der Waals surface area (Å²) in [4.78, 5) is 46.7. The molecule has 1 unspecified atom stereocenters. The van der Waals surface area contributed by atoms with E-state index in [1.807, 2.05) is 6.07 Å². The van der Waals surface area contributed by atoms with Gasteiger partial charge in [-0.15, -0.1) is 10.2 Å². The van der Waals surface area contributed by atoms with E-state index in [-0.39, 0.29) is 29.5 Å². The summed E-state index contributed by atoms with van der Waals surface area (Å²) in [5.74, 6) is 0.347. The molecule has 3 aliphatic heterocycles. The summed E-state index contributed by atoms with van der Waals surface area (Å²) in [7, 11) is 1.54. The van der Waals surface area contributed by atoms with Crippen LogP contribution in [0.25, 0.3) is 0 Å². The van der Waals surface area contributed by atoms with Gasteiger partial charge in [0.05, 0.1) is 22.3 Å². The lowest BCUT2D eigenvalue weighted by molar-refractivity contribution is -0.125. The average molecular weight is 798 g/mol. The molecule has 300 valence electrons. The number of nitrogens with zero attached hydrogens (tertiary/aromatic N) is 7. The Bertz CT molecular complexity index is 2000. The number of benzene rings is 2. The van der Waals surface area contributed by atoms with Gasteiger partial charge in [-0.25, -0.2) is 4.39 Å². The van der Waals surface area contributed by atoms with Crippen LogP contribution in [0.5, 0.6) is 5.75 Å². The van der Waals surface area contributed by atoms with E-state index in [1.54, 1.807) is 30.3 Å². The van der Waals surface area contributed by atoms with Crippen molar-refractivity contribution >= 4 is 40.8 Å². The van der Waals surface area contributed by atoms with E-state index >= 15 is 4.39 Å². The normalized spacial score (nSPS) is 22.0. The molecule has 7 rings (SSSR count). The number of nitrogens with one attached hydrogen (secondary N) is 2. The highest BCUT2D eigenvalue weighted by Gasteiger charge is 2.32. The standard InChI is InChI=1S/C42H49ClFN9O4/c1-27-3-13-38(41(55)46-27)50(2)42(56)34-11-7-31(23-36(34)44)52-21-19-51(20-22-52)26-28-15-17-53(18-16-28)39-14-12-37(48-49-39)40(54)47-30-5-9-32(10-6-30)57-33-8-4-29(25-45)35(43)24-33/h4,7-8,11-12,14,23-24,28,30,32,38H,1,3,5-6,9-10,13,15-22,26H2,2H3,(H,46,55)(H,47,54). The largest absolute Gasteiger partial charge is 0.490 e. The molecule has 4 fully saturated rings. The van der Waals surface area contributed by atoms with E-state index in [4.69, 9.17) is 21.6 Å². The van der Waals surface area contributed by atoms with Gasteiger partial charge in [0, 0.05) is 76.4 Å². The number of anilines is 2. The molecule has 0 bridgehead atoms. The number of amides is 3. The zero-order valence-electron chi connectivity index (χ0n) is 32.3. The van der Waals surface area contributed by atoms with Gasteiger partial charge in [0.15, 0.2) is 11.5 Å². The van der Waals surface area contributed by atoms with Crippen LogP contribution in [0.4, 0.5) is 15.9 Å². The van der Waals surface area contributed by atoms with Crippen molar-refractivity contribution in [1.29, 1.82) is 5.26 Å². The molecule has 2 N–H and O–H groups in total. The van der Waals surface area contributed by atoms with Gasteiger partial charge in [-0.1, -0.05) is 18.2 Å². The summed E-state index contributed by atoms with van der Waals surface area (Å²) in [6, 6.07) is 14.9. The minimum Gasteiger partial charge on any atom is -0.490 e. The smallest absolute Gasteiger partial charge is 0.272 e. The SMILES string of the molecule is C=C1CCC(N(C)C(=O)c2ccc(N3CCN(CC4CCN(c5ccc(C(=O)NC6CCC(Oc7ccc(C#N)c(Cl)c7)CC6)nn5)CC4)CC3)cc2F)C(=O)N1. The molecule has 3 saturated heterocycles. The molecule has 2 aromatic carbocycles. The van der Waals surface area contributed by atoms with Gasteiger partial charge in [-0.05, 0) is 99.7 Å². The lowest BCUT2D eigenvalue weighted by Crippen LogP contribution is -2.50. The summed E-state index contributed by atoms with van der Waals surface area (Å²) in [6.45, 7) is 9.77. The Labute approximate surface area is 337 Å². The highest BCUT2D eigenvalue weighted by atomic mass is 35.5. The third-order valence-corrected chi connectivity index (χ3v) is 12.1. The maximum Gasteiger partial charge on any atom is 0.272 e. The van der Waals surface area contributed by atoms with Gasteiger partial charge in [-0.2, -0.15) is 5.26 Å². The molecule has 1 aliphatic carbocycles. The fourth-order valence-electron chi connectivity index (χ4n) is 8.29. The zero-order chi connectivity index (χ0) is 40.1. The number of piperidine rings is 2. The van der Waals surface area contributed by atoms with Gasteiger partial charge < -0.3 is 30.1 Å². The highest BCUT2D eigenvalue weighted by molar-refractivity contribution is 6.31. The third kappa shape index (κ3) is 9.65. The maximum absolute atomic E-state index is 15.3.